The molecule has 1 aliphatic heterocycles. The topological polar surface area (TPSA) is 40.5 Å². The van der Waals surface area contributed by atoms with E-state index in [-0.39, 0.29) is 25.1 Å². The predicted octanol–water partition coefficient (Wildman–Crippen LogP) is 3.26. The Bertz CT molecular complexity index is 497. The summed E-state index contributed by atoms with van der Waals surface area (Å²) in [6.07, 6.45) is -5.23. The number of hydrogen-bond acceptors (Lipinski definition) is 1. The highest BCUT2D eigenvalue weighted by atomic mass is 19.4. The molecule has 0 unspecified atom stereocenters. The summed E-state index contributed by atoms with van der Waals surface area (Å²) in [5.74, 6) is 0. The highest BCUT2D eigenvalue weighted by Gasteiger charge is 2.35. The summed E-state index contributed by atoms with van der Waals surface area (Å²) in [5, 5.41) is 8.84. The van der Waals surface area contributed by atoms with Crippen LogP contribution in [0.25, 0.3) is 0 Å². The first-order valence-corrected chi connectivity index (χ1v) is 5.52. The minimum Gasteiger partial charge on any atom is -0.465 e. The first-order chi connectivity index (χ1) is 8.32. The average Bonchev–Trinajstić information content (AvgIpc) is 2.68. The van der Waals surface area contributed by atoms with Gasteiger partial charge in [0.2, 0.25) is 0 Å². The molecule has 1 aromatic rings. The Hall–Kier alpha value is -1.72. The van der Waals surface area contributed by atoms with E-state index in [1.807, 2.05) is 0 Å². The fourth-order valence-electron chi connectivity index (χ4n) is 2.19. The van der Waals surface area contributed by atoms with E-state index in [1.165, 1.54) is 6.07 Å². The third-order valence-corrected chi connectivity index (χ3v) is 3.10. The van der Waals surface area contributed by atoms with Crippen molar-refractivity contribution < 1.29 is 23.1 Å². The number of carboxylic acid groups (broad SMARTS) is 1. The lowest BCUT2D eigenvalue weighted by Gasteiger charge is -2.13. The molecule has 6 heteroatoms. The lowest BCUT2D eigenvalue weighted by Crippen LogP contribution is -2.22. The molecule has 0 fully saturated rings. The quantitative estimate of drug-likeness (QED) is 0.840. The number of hydrogen-bond donors (Lipinski definition) is 1. The fourth-order valence-corrected chi connectivity index (χ4v) is 2.19. The number of nitrogens with zero attached hydrogens (tertiary/aromatic N) is 1. The van der Waals surface area contributed by atoms with Crippen LogP contribution in [0.1, 0.15) is 29.2 Å². The molecular formula is C12H12F3NO2. The summed E-state index contributed by atoms with van der Waals surface area (Å²) in [6.45, 7) is 1.84. The SMILES string of the molecule is CCc1cc2c(cc1C(F)(F)F)CN(C(=O)O)C2. The standard InChI is InChI=1S/C12H12F3NO2/c1-2-7-3-8-5-16(11(17)18)6-9(8)4-10(7)12(13,14)15/h3-4H,2,5-6H2,1H3,(H,17,18). The molecule has 1 aromatic carbocycles. The molecule has 1 aliphatic rings. The largest absolute Gasteiger partial charge is 0.465 e. The number of carbonyl (C=O) groups is 1. The van der Waals surface area contributed by atoms with E-state index in [0.717, 1.165) is 11.0 Å². The lowest BCUT2D eigenvalue weighted by atomic mass is 9.98. The van der Waals surface area contributed by atoms with Crippen molar-refractivity contribution in [1.29, 1.82) is 0 Å². The number of aryl methyl sites for hydroxylation is 1. The Morgan fingerprint density at radius 3 is 2.33 bits per heavy atom. The van der Waals surface area contributed by atoms with Crippen LogP contribution in [0.2, 0.25) is 0 Å². The Balaban J connectivity index is 2.45. The van der Waals surface area contributed by atoms with Gasteiger partial charge in [-0.3, -0.25) is 4.90 Å². The third-order valence-electron chi connectivity index (χ3n) is 3.10. The molecule has 1 amide bonds. The summed E-state index contributed by atoms with van der Waals surface area (Å²) < 4.78 is 38.5. The molecule has 0 atom stereocenters. The first-order valence-electron chi connectivity index (χ1n) is 5.52. The zero-order valence-electron chi connectivity index (χ0n) is 9.71. The van der Waals surface area contributed by atoms with Crippen LogP contribution in [0.15, 0.2) is 12.1 Å². The molecule has 98 valence electrons. The number of amides is 1. The van der Waals surface area contributed by atoms with Crippen LogP contribution in [0.4, 0.5) is 18.0 Å². The molecule has 0 spiro atoms. The number of fused-ring (bicyclic) bond motifs is 1. The zero-order chi connectivity index (χ0) is 13.5. The van der Waals surface area contributed by atoms with Crippen molar-refractivity contribution in [2.45, 2.75) is 32.6 Å². The molecular weight excluding hydrogens is 247 g/mol. The summed E-state index contributed by atoms with van der Waals surface area (Å²) in [6, 6.07) is 2.55. The van der Waals surface area contributed by atoms with Gasteiger partial charge in [0, 0.05) is 13.1 Å². The maximum Gasteiger partial charge on any atom is 0.416 e. The van der Waals surface area contributed by atoms with E-state index in [4.69, 9.17) is 5.11 Å². The van der Waals surface area contributed by atoms with Crippen molar-refractivity contribution in [3.05, 3.63) is 34.4 Å². The van der Waals surface area contributed by atoms with Crippen molar-refractivity contribution in [1.82, 2.24) is 4.90 Å². The Morgan fingerprint density at radius 2 is 1.89 bits per heavy atom. The normalized spacial score (nSPS) is 14.8. The highest BCUT2D eigenvalue weighted by molar-refractivity contribution is 5.66. The van der Waals surface area contributed by atoms with Crippen LogP contribution >= 0.6 is 0 Å². The predicted molar refractivity (Wildman–Crippen MR) is 58.1 cm³/mol. The average molecular weight is 259 g/mol. The second-order valence-corrected chi connectivity index (χ2v) is 4.27. The minimum atomic E-state index is -4.39. The lowest BCUT2D eigenvalue weighted by molar-refractivity contribution is -0.138. The molecule has 2 rings (SSSR count). The minimum absolute atomic E-state index is 0.0255. The summed E-state index contributed by atoms with van der Waals surface area (Å²) in [5.41, 5.74) is 0.675. The van der Waals surface area contributed by atoms with Gasteiger partial charge in [0.05, 0.1) is 5.56 Å². The van der Waals surface area contributed by atoms with Gasteiger partial charge in [-0.15, -0.1) is 0 Å². The Labute approximate surface area is 102 Å². The summed E-state index contributed by atoms with van der Waals surface area (Å²) in [4.78, 5) is 11.9. The maximum atomic E-state index is 12.8. The van der Waals surface area contributed by atoms with Gasteiger partial charge in [0.1, 0.15) is 0 Å². The number of alkyl halides is 3. The van der Waals surface area contributed by atoms with Gasteiger partial charge in [-0.2, -0.15) is 13.2 Å². The first kappa shape index (κ1) is 12.7. The van der Waals surface area contributed by atoms with Crippen molar-refractivity contribution in [2.75, 3.05) is 0 Å². The van der Waals surface area contributed by atoms with Crippen LogP contribution in [-0.2, 0) is 25.7 Å². The molecule has 0 aromatic heterocycles. The molecule has 0 aliphatic carbocycles. The number of rotatable bonds is 1. The van der Waals surface area contributed by atoms with Gasteiger partial charge in [-0.05, 0) is 29.2 Å². The smallest absolute Gasteiger partial charge is 0.416 e. The zero-order valence-corrected chi connectivity index (χ0v) is 9.71. The van der Waals surface area contributed by atoms with E-state index in [2.05, 4.69) is 0 Å². The molecule has 0 saturated carbocycles. The van der Waals surface area contributed by atoms with Crippen LogP contribution in [0.3, 0.4) is 0 Å². The van der Waals surface area contributed by atoms with E-state index in [1.54, 1.807) is 6.92 Å². The third kappa shape index (κ3) is 2.14. The van der Waals surface area contributed by atoms with Crippen molar-refractivity contribution in [2.24, 2.45) is 0 Å². The molecule has 0 saturated heterocycles. The molecule has 0 radical (unpaired) electrons. The Morgan fingerprint density at radius 1 is 1.33 bits per heavy atom. The van der Waals surface area contributed by atoms with Gasteiger partial charge in [0.25, 0.3) is 0 Å². The Kier molecular flexibility index (Phi) is 2.96. The van der Waals surface area contributed by atoms with Gasteiger partial charge in [-0.1, -0.05) is 13.0 Å². The van der Waals surface area contributed by atoms with E-state index < -0.39 is 17.8 Å². The molecule has 3 nitrogen and oxygen atoms in total. The van der Waals surface area contributed by atoms with Gasteiger partial charge in [0.15, 0.2) is 0 Å². The van der Waals surface area contributed by atoms with Gasteiger partial charge < -0.3 is 5.11 Å². The van der Waals surface area contributed by atoms with Crippen molar-refractivity contribution in [3.8, 4) is 0 Å². The van der Waals surface area contributed by atoms with E-state index in [9.17, 15) is 18.0 Å². The van der Waals surface area contributed by atoms with E-state index >= 15 is 0 Å². The second-order valence-electron chi connectivity index (χ2n) is 4.27. The number of halogens is 3. The van der Waals surface area contributed by atoms with Crippen LogP contribution < -0.4 is 0 Å². The summed E-state index contributed by atoms with van der Waals surface area (Å²) in [7, 11) is 0. The highest BCUT2D eigenvalue weighted by Crippen LogP contribution is 2.36. The van der Waals surface area contributed by atoms with Crippen molar-refractivity contribution >= 4 is 6.09 Å². The maximum absolute atomic E-state index is 12.8. The molecule has 1 heterocycles. The van der Waals surface area contributed by atoms with E-state index in [0.29, 0.717) is 11.1 Å². The monoisotopic (exact) mass is 259 g/mol. The van der Waals surface area contributed by atoms with Gasteiger partial charge >= 0.3 is 12.3 Å². The fraction of sp³-hybridized carbons (Fsp3) is 0.417. The molecule has 18 heavy (non-hydrogen) atoms. The molecule has 1 N–H and O–H groups in total. The van der Waals surface area contributed by atoms with Crippen molar-refractivity contribution in [3.63, 3.8) is 0 Å². The van der Waals surface area contributed by atoms with Crippen LogP contribution in [0, 0.1) is 0 Å². The van der Waals surface area contributed by atoms with Crippen LogP contribution in [-0.4, -0.2) is 16.1 Å². The van der Waals surface area contributed by atoms with Crippen LogP contribution in [0.5, 0.6) is 0 Å². The summed E-state index contributed by atoms with van der Waals surface area (Å²) >= 11 is 0. The second kappa shape index (κ2) is 4.19. The molecule has 0 bridgehead atoms. The van der Waals surface area contributed by atoms with Gasteiger partial charge in [-0.25, -0.2) is 4.79 Å². The number of benzene rings is 1.